The third-order valence-corrected chi connectivity index (χ3v) is 5.76. The number of rotatable bonds is 5. The summed E-state index contributed by atoms with van der Waals surface area (Å²) in [5, 5.41) is 0.348. The molecule has 0 aliphatic carbocycles. The Kier molecular flexibility index (Phi) is 6.29. The largest absolute Gasteiger partial charge is 0.462 e. The topological polar surface area (TPSA) is 56.6 Å². The number of fused-ring (bicyclic) bond motifs is 1. The van der Waals surface area contributed by atoms with Crippen molar-refractivity contribution in [3.05, 3.63) is 58.9 Å². The fourth-order valence-corrected chi connectivity index (χ4v) is 4.12. The first-order valence-electron chi connectivity index (χ1n) is 10.7. The van der Waals surface area contributed by atoms with E-state index in [9.17, 15) is 9.18 Å². The van der Waals surface area contributed by atoms with Crippen molar-refractivity contribution in [2.75, 3.05) is 13.2 Å². The third-order valence-electron chi connectivity index (χ3n) is 5.41. The van der Waals surface area contributed by atoms with Crippen LogP contribution in [0.5, 0.6) is 6.01 Å². The summed E-state index contributed by atoms with van der Waals surface area (Å²) in [6.07, 6.45) is 1.36. The molecule has 1 aromatic heterocycles. The third kappa shape index (κ3) is 4.83. The van der Waals surface area contributed by atoms with Crippen LogP contribution in [0.1, 0.15) is 39.2 Å². The van der Waals surface area contributed by atoms with E-state index in [1.807, 2.05) is 49.6 Å². The summed E-state index contributed by atoms with van der Waals surface area (Å²) >= 11 is 6.26. The lowest BCUT2D eigenvalue weighted by Gasteiger charge is -2.28. The predicted molar refractivity (Wildman–Crippen MR) is 122 cm³/mol. The summed E-state index contributed by atoms with van der Waals surface area (Å²) in [7, 11) is 0. The Morgan fingerprint density at radius 3 is 2.75 bits per heavy atom. The Balaban J connectivity index is 1.57. The number of hydrogen-bond acceptors (Lipinski definition) is 4. The number of likely N-dealkylation sites (tertiary alicyclic amines) is 1. The molecule has 3 aromatic rings. The highest BCUT2D eigenvalue weighted by molar-refractivity contribution is 6.31. The fourth-order valence-electron chi connectivity index (χ4n) is 3.90. The highest BCUT2D eigenvalue weighted by Crippen LogP contribution is 2.28. The molecule has 4 rings (SSSR count). The van der Waals surface area contributed by atoms with Crippen LogP contribution in [0.15, 0.2) is 42.5 Å². The van der Waals surface area contributed by atoms with Crippen LogP contribution in [-0.2, 0) is 11.3 Å². The van der Waals surface area contributed by atoms with Crippen LogP contribution in [0, 0.1) is 5.82 Å². The molecular formula is C24H27ClFN3O3. The smallest absolute Gasteiger partial charge is 0.410 e. The first-order chi connectivity index (χ1) is 15.2. The Hall–Kier alpha value is -2.80. The number of carbonyl (C=O) groups is 1. The number of amides is 1. The molecule has 6 nitrogen and oxygen atoms in total. The van der Waals surface area contributed by atoms with Crippen LogP contribution in [0.2, 0.25) is 5.02 Å². The number of nitrogens with zero attached hydrogens (tertiary/aromatic N) is 3. The van der Waals surface area contributed by atoms with Crippen LogP contribution < -0.4 is 4.74 Å². The summed E-state index contributed by atoms with van der Waals surface area (Å²) < 4.78 is 27.9. The van der Waals surface area contributed by atoms with Gasteiger partial charge in [0.2, 0.25) is 0 Å². The molecule has 0 radical (unpaired) electrons. The first kappa shape index (κ1) is 22.4. The second-order valence-electron chi connectivity index (χ2n) is 8.95. The van der Waals surface area contributed by atoms with Crippen molar-refractivity contribution in [3.63, 3.8) is 0 Å². The molecule has 0 unspecified atom stereocenters. The monoisotopic (exact) mass is 459 g/mol. The number of imidazole rings is 1. The molecule has 0 N–H and O–H groups in total. The van der Waals surface area contributed by atoms with Crippen LogP contribution in [0.4, 0.5) is 9.18 Å². The van der Waals surface area contributed by atoms with Gasteiger partial charge in [0.15, 0.2) is 0 Å². The van der Waals surface area contributed by atoms with Crippen molar-refractivity contribution in [3.8, 4) is 6.01 Å². The van der Waals surface area contributed by atoms with E-state index < -0.39 is 5.60 Å². The molecule has 1 fully saturated rings. The lowest BCUT2D eigenvalue weighted by Crippen LogP contribution is -2.42. The van der Waals surface area contributed by atoms with Gasteiger partial charge in [-0.3, -0.25) is 4.57 Å². The maximum atomic E-state index is 14.5. The van der Waals surface area contributed by atoms with Gasteiger partial charge >= 0.3 is 6.09 Å². The molecule has 8 heteroatoms. The molecule has 0 saturated carbocycles. The predicted octanol–water partition coefficient (Wildman–Crippen LogP) is 5.66. The van der Waals surface area contributed by atoms with Crippen LogP contribution in [-0.4, -0.2) is 45.3 Å². The summed E-state index contributed by atoms with van der Waals surface area (Å²) in [5.41, 5.74) is 1.37. The Bertz CT molecular complexity index is 1110. The van der Waals surface area contributed by atoms with Crippen molar-refractivity contribution in [1.82, 2.24) is 14.5 Å². The number of benzene rings is 2. The van der Waals surface area contributed by atoms with E-state index >= 15 is 0 Å². The van der Waals surface area contributed by atoms with Crippen LogP contribution in [0.25, 0.3) is 11.0 Å². The molecule has 2 heterocycles. The molecule has 0 bridgehead atoms. The zero-order chi connectivity index (χ0) is 22.9. The van der Waals surface area contributed by atoms with Crippen molar-refractivity contribution in [1.29, 1.82) is 0 Å². The van der Waals surface area contributed by atoms with Gasteiger partial charge in [0.05, 0.1) is 23.6 Å². The Labute approximate surface area is 191 Å². The van der Waals surface area contributed by atoms with Crippen LogP contribution >= 0.6 is 11.6 Å². The number of halogens is 2. The maximum Gasteiger partial charge on any atom is 0.410 e. The van der Waals surface area contributed by atoms with Crippen molar-refractivity contribution >= 4 is 28.7 Å². The van der Waals surface area contributed by atoms with E-state index in [-0.39, 0.29) is 31.1 Å². The molecule has 2 aromatic carbocycles. The molecule has 1 aliphatic rings. The number of para-hydroxylation sites is 2. The number of ether oxygens (including phenoxy) is 2. The molecule has 170 valence electrons. The van der Waals surface area contributed by atoms with Gasteiger partial charge in [0.25, 0.3) is 6.01 Å². The van der Waals surface area contributed by atoms with Gasteiger partial charge in [-0.1, -0.05) is 29.8 Å². The average molecular weight is 460 g/mol. The lowest BCUT2D eigenvalue weighted by molar-refractivity contribution is 0.0183. The minimum absolute atomic E-state index is 0.116. The molecule has 1 amide bonds. The first-order valence-corrected chi connectivity index (χ1v) is 11.1. The molecule has 0 spiro atoms. The number of carbonyl (C=O) groups excluding carboxylic acids is 1. The van der Waals surface area contributed by atoms with E-state index in [1.54, 1.807) is 17.0 Å². The summed E-state index contributed by atoms with van der Waals surface area (Å²) in [6.45, 7) is 6.63. The SMILES string of the molecule is CC(C)(C)OC(=O)N1CCC[C@H]1COc1nc2ccccc2n1Cc1c(F)cccc1Cl. The van der Waals surface area contributed by atoms with Gasteiger partial charge in [-0.15, -0.1) is 0 Å². The van der Waals surface area contributed by atoms with E-state index in [2.05, 4.69) is 4.98 Å². The number of hydrogen-bond donors (Lipinski definition) is 0. The average Bonchev–Trinajstić information content (AvgIpc) is 3.32. The van der Waals surface area contributed by atoms with Crippen molar-refractivity contribution < 1.29 is 18.7 Å². The lowest BCUT2D eigenvalue weighted by atomic mass is 10.2. The molecule has 32 heavy (non-hydrogen) atoms. The zero-order valence-corrected chi connectivity index (χ0v) is 19.2. The van der Waals surface area contributed by atoms with Crippen LogP contribution in [0.3, 0.4) is 0 Å². The van der Waals surface area contributed by atoms with Gasteiger partial charge in [-0.05, 0) is 57.9 Å². The van der Waals surface area contributed by atoms with Gasteiger partial charge < -0.3 is 14.4 Å². The zero-order valence-electron chi connectivity index (χ0n) is 18.5. The second kappa shape index (κ2) is 8.98. The van der Waals surface area contributed by atoms with Gasteiger partial charge in [0.1, 0.15) is 18.0 Å². The fraction of sp³-hybridized carbons (Fsp3) is 0.417. The van der Waals surface area contributed by atoms with E-state index in [1.165, 1.54) is 6.07 Å². The highest BCUT2D eigenvalue weighted by atomic mass is 35.5. The number of aromatic nitrogens is 2. The second-order valence-corrected chi connectivity index (χ2v) is 9.36. The standard InChI is InChI=1S/C24H27ClFN3O3/c1-24(2,3)32-23(30)28-13-7-8-16(28)15-31-22-27-20-11-4-5-12-21(20)29(22)14-17-18(25)9-6-10-19(17)26/h4-6,9-12,16H,7-8,13-15H2,1-3H3/t16-/m0/s1. The molecular weight excluding hydrogens is 433 g/mol. The quantitative estimate of drug-likeness (QED) is 0.494. The van der Waals surface area contributed by atoms with E-state index in [0.29, 0.717) is 23.1 Å². The Morgan fingerprint density at radius 1 is 1.22 bits per heavy atom. The summed E-state index contributed by atoms with van der Waals surface area (Å²) in [4.78, 5) is 18.9. The molecule has 1 atom stereocenters. The minimum Gasteiger partial charge on any atom is -0.462 e. The van der Waals surface area contributed by atoms with Gasteiger partial charge in [-0.2, -0.15) is 4.98 Å². The molecule has 1 saturated heterocycles. The van der Waals surface area contributed by atoms with E-state index in [4.69, 9.17) is 21.1 Å². The van der Waals surface area contributed by atoms with E-state index in [0.717, 1.165) is 23.9 Å². The minimum atomic E-state index is -0.557. The molecule has 1 aliphatic heterocycles. The highest BCUT2D eigenvalue weighted by Gasteiger charge is 2.33. The maximum absolute atomic E-state index is 14.5. The van der Waals surface area contributed by atoms with Gasteiger partial charge in [-0.25, -0.2) is 9.18 Å². The normalized spacial score (nSPS) is 16.5. The van der Waals surface area contributed by atoms with Crippen molar-refractivity contribution in [2.45, 2.75) is 51.8 Å². The van der Waals surface area contributed by atoms with Gasteiger partial charge in [0, 0.05) is 17.1 Å². The summed E-state index contributed by atoms with van der Waals surface area (Å²) in [5.74, 6) is -0.381. The summed E-state index contributed by atoms with van der Waals surface area (Å²) in [6, 6.07) is 12.5. The van der Waals surface area contributed by atoms with Crippen molar-refractivity contribution in [2.24, 2.45) is 0 Å². The Morgan fingerprint density at radius 2 is 2.00 bits per heavy atom.